The minimum atomic E-state index is -1.66. The molecule has 9 nitrogen and oxygen atoms in total. The van der Waals surface area contributed by atoms with Crippen molar-refractivity contribution in [1.29, 1.82) is 0 Å². The topological polar surface area (TPSA) is 111 Å². The van der Waals surface area contributed by atoms with E-state index in [4.69, 9.17) is 18.9 Å². The monoisotopic (exact) mass is 980 g/mol. The maximum absolute atomic E-state index is 12.8. The van der Waals surface area contributed by atoms with Crippen LogP contribution in [0.4, 0.5) is 0 Å². The van der Waals surface area contributed by atoms with E-state index in [1.54, 1.807) is 0 Å². The summed E-state index contributed by atoms with van der Waals surface area (Å²) < 4.78 is 22.5. The molecule has 0 aromatic carbocycles. The lowest BCUT2D eigenvalue weighted by Gasteiger charge is -2.26. The molecule has 0 fully saturated rings. The molecule has 0 bridgehead atoms. The number of hydrogen-bond acceptors (Lipinski definition) is 8. The van der Waals surface area contributed by atoms with Gasteiger partial charge in [-0.1, -0.05) is 184 Å². The Kier molecular flexibility index (Phi) is 47.2. The number of carboxylic acid groups (broad SMARTS) is 1. The summed E-state index contributed by atoms with van der Waals surface area (Å²) in [5.74, 6) is -2.48. The van der Waals surface area contributed by atoms with Crippen molar-refractivity contribution in [2.24, 2.45) is 0 Å². The number of carbonyl (C=O) groups excluding carboxylic acids is 3. The maximum Gasteiger partial charge on any atom is 0.306 e. The minimum absolute atomic E-state index is 0.116. The predicted octanol–water partition coefficient (Wildman–Crippen LogP) is 13.9. The summed E-state index contributed by atoms with van der Waals surface area (Å²) in [7, 11) is 5.86. The lowest BCUT2D eigenvalue weighted by Crippen LogP contribution is -2.44. The number of carboxylic acids is 1. The first-order valence-electron chi connectivity index (χ1n) is 26.3. The summed E-state index contributed by atoms with van der Waals surface area (Å²) in [5, 5.41) is 11.7. The molecule has 0 aromatic rings. The van der Waals surface area contributed by atoms with Crippen LogP contribution in [-0.4, -0.2) is 82.3 Å². The number of nitrogens with zero attached hydrogens (tertiary/aromatic N) is 1. The number of esters is 2. The molecule has 0 radical (unpaired) electrons. The van der Waals surface area contributed by atoms with Crippen molar-refractivity contribution < 1.29 is 42.9 Å². The number of aliphatic carboxylic acids is 1. The Bertz CT molecular complexity index is 1760. The molecule has 0 saturated heterocycles. The molecule has 2 unspecified atom stereocenters. The van der Waals surface area contributed by atoms with Crippen molar-refractivity contribution in [2.75, 3.05) is 47.5 Å². The van der Waals surface area contributed by atoms with Gasteiger partial charge in [0.2, 0.25) is 0 Å². The van der Waals surface area contributed by atoms with Crippen LogP contribution in [0.1, 0.15) is 142 Å². The van der Waals surface area contributed by atoms with Gasteiger partial charge < -0.3 is 33.3 Å². The fourth-order valence-corrected chi connectivity index (χ4v) is 5.98. The van der Waals surface area contributed by atoms with E-state index < -0.39 is 30.3 Å². The molecular formula is C62H93NO8. The molecule has 71 heavy (non-hydrogen) atoms. The van der Waals surface area contributed by atoms with Gasteiger partial charge in [0.05, 0.1) is 40.3 Å². The third-order valence-electron chi connectivity index (χ3n) is 9.96. The van der Waals surface area contributed by atoms with Crippen LogP contribution in [0, 0.1) is 0 Å². The van der Waals surface area contributed by atoms with Gasteiger partial charge in [-0.2, -0.15) is 0 Å². The van der Waals surface area contributed by atoms with E-state index in [0.29, 0.717) is 36.7 Å². The molecule has 0 spiro atoms. The maximum atomic E-state index is 12.8. The van der Waals surface area contributed by atoms with Gasteiger partial charge in [0.25, 0.3) is 0 Å². The van der Waals surface area contributed by atoms with Crippen molar-refractivity contribution in [3.05, 3.63) is 170 Å². The van der Waals surface area contributed by atoms with Gasteiger partial charge in [-0.3, -0.25) is 9.59 Å². The molecule has 2 atom stereocenters. The highest BCUT2D eigenvalue weighted by molar-refractivity contribution is 5.70. The molecule has 0 aliphatic rings. The zero-order valence-electron chi connectivity index (χ0n) is 44.5. The Morgan fingerprint density at radius 2 is 0.732 bits per heavy atom. The van der Waals surface area contributed by atoms with Gasteiger partial charge in [0, 0.05) is 12.8 Å². The van der Waals surface area contributed by atoms with Gasteiger partial charge in [-0.25, -0.2) is 0 Å². The highest BCUT2D eigenvalue weighted by Crippen LogP contribution is 2.09. The van der Waals surface area contributed by atoms with E-state index in [9.17, 15) is 19.5 Å². The summed E-state index contributed by atoms with van der Waals surface area (Å²) in [4.78, 5) is 37.2. The van der Waals surface area contributed by atoms with Crippen molar-refractivity contribution >= 4 is 17.9 Å². The highest BCUT2D eigenvalue weighted by Gasteiger charge is 2.21. The lowest BCUT2D eigenvalue weighted by molar-refractivity contribution is -0.870. The number of hydrogen-bond donors (Lipinski definition) is 0. The van der Waals surface area contributed by atoms with E-state index >= 15 is 0 Å². The molecule has 0 amide bonds. The van der Waals surface area contributed by atoms with E-state index in [0.717, 1.165) is 89.9 Å². The van der Waals surface area contributed by atoms with Gasteiger partial charge in [0.15, 0.2) is 12.4 Å². The summed E-state index contributed by atoms with van der Waals surface area (Å²) in [6.45, 7) is 4.33. The zero-order chi connectivity index (χ0) is 52.0. The van der Waals surface area contributed by atoms with Crippen molar-refractivity contribution in [3.63, 3.8) is 0 Å². The van der Waals surface area contributed by atoms with Gasteiger partial charge in [-0.05, 0) is 116 Å². The third-order valence-corrected chi connectivity index (χ3v) is 9.96. The second-order valence-corrected chi connectivity index (χ2v) is 17.7. The number of likely N-dealkylation sites (N-methyl/N-ethyl adjacent to an activating group) is 1. The Morgan fingerprint density at radius 1 is 0.423 bits per heavy atom. The summed E-state index contributed by atoms with van der Waals surface area (Å²) in [6.07, 6.45) is 74.1. The number of allylic oxidation sites excluding steroid dienone is 28. The van der Waals surface area contributed by atoms with Crippen LogP contribution in [-0.2, 0) is 33.3 Å². The first-order valence-corrected chi connectivity index (χ1v) is 26.3. The number of carbonyl (C=O) groups is 3. The van der Waals surface area contributed by atoms with Crippen molar-refractivity contribution in [3.8, 4) is 0 Å². The third kappa shape index (κ3) is 52.3. The Balaban J connectivity index is 4.59. The van der Waals surface area contributed by atoms with Crippen LogP contribution >= 0.6 is 0 Å². The van der Waals surface area contributed by atoms with E-state index in [2.05, 4.69) is 172 Å². The fourth-order valence-electron chi connectivity index (χ4n) is 5.98. The van der Waals surface area contributed by atoms with Crippen LogP contribution < -0.4 is 5.11 Å². The molecule has 0 aliphatic carbocycles. The fraction of sp³-hybridized carbons (Fsp3) is 0.500. The Morgan fingerprint density at radius 3 is 1.04 bits per heavy atom. The number of rotatable bonds is 45. The van der Waals surface area contributed by atoms with E-state index in [-0.39, 0.29) is 32.7 Å². The first-order chi connectivity index (χ1) is 34.6. The Labute approximate surface area is 431 Å². The smallest absolute Gasteiger partial charge is 0.306 e. The average Bonchev–Trinajstić information content (AvgIpc) is 3.34. The number of unbranched alkanes of at least 4 members (excludes halogenated alkanes) is 2. The van der Waals surface area contributed by atoms with Crippen LogP contribution in [0.25, 0.3) is 0 Å². The summed E-state index contributed by atoms with van der Waals surface area (Å²) >= 11 is 0. The molecule has 9 heteroatoms. The normalized spacial score (nSPS) is 14.2. The molecular weight excluding hydrogens is 887 g/mol. The second kappa shape index (κ2) is 51.0. The predicted molar refractivity (Wildman–Crippen MR) is 296 cm³/mol. The van der Waals surface area contributed by atoms with E-state index in [1.165, 1.54) is 0 Å². The van der Waals surface area contributed by atoms with Crippen LogP contribution in [0.2, 0.25) is 0 Å². The molecule has 0 aromatic heterocycles. The minimum Gasteiger partial charge on any atom is -0.545 e. The van der Waals surface area contributed by atoms with Crippen molar-refractivity contribution in [1.82, 2.24) is 0 Å². The number of ether oxygens (including phenoxy) is 4. The SMILES string of the molecule is CC/C=C\C/C=C\C/C=C\C/C=C\C/C=C\C/C=C\C/C=C\CCCC(=O)OCC(COC(OCC[N+](C)(C)C)C(=O)[O-])OC(=O)CCC/C=C\C/C=C\C/C=C\C/C=C\C/C=C\C/C=C\C/C=C\CC. The zero-order valence-corrected chi connectivity index (χ0v) is 44.5. The molecule has 0 N–H and O–H groups in total. The average molecular weight is 980 g/mol. The lowest BCUT2D eigenvalue weighted by atomic mass is 10.2. The van der Waals surface area contributed by atoms with Crippen LogP contribution in [0.5, 0.6) is 0 Å². The first kappa shape index (κ1) is 65.7. The van der Waals surface area contributed by atoms with Gasteiger partial charge in [0.1, 0.15) is 13.2 Å². The molecule has 0 saturated carbocycles. The number of quaternary nitrogens is 1. The Hall–Kier alpha value is -5.35. The summed E-state index contributed by atoms with van der Waals surface area (Å²) in [5.41, 5.74) is 0. The van der Waals surface area contributed by atoms with Gasteiger partial charge >= 0.3 is 11.9 Å². The summed E-state index contributed by atoms with van der Waals surface area (Å²) in [6, 6.07) is 0. The van der Waals surface area contributed by atoms with E-state index in [1.807, 2.05) is 33.3 Å². The van der Waals surface area contributed by atoms with Gasteiger partial charge in [-0.15, -0.1) is 0 Å². The molecule has 0 rings (SSSR count). The van der Waals surface area contributed by atoms with Crippen molar-refractivity contribution in [2.45, 2.75) is 155 Å². The quantitative estimate of drug-likeness (QED) is 0.0195. The molecule has 0 aliphatic heterocycles. The molecule has 0 heterocycles. The largest absolute Gasteiger partial charge is 0.545 e. The van der Waals surface area contributed by atoms with Crippen LogP contribution in [0.3, 0.4) is 0 Å². The standard InChI is InChI=1S/C62H93NO8/c1-6-8-10-12-14-16-18-20-22-24-26-28-30-32-34-36-38-40-42-44-46-48-50-52-59(64)69-56-58(57-70-62(61(66)67)68-55-54-63(3,4)5)71-60(65)53-51-49-47-45-43-41-39-37-35-33-31-29-27-25-23-21-19-17-15-13-11-9-7-2/h8-11,14-17,20-23,26-29,32-35,38-41,44-47,58,62H,6-7,12-13,18-19,24-25,30-31,36-37,42-43,48-57H2,1-5H3/b10-8-,11-9-,16-14-,17-15-,22-20-,23-21-,28-26-,29-27-,34-32-,35-33-,40-38-,41-39-,46-44-,47-45-. The molecule has 394 valence electrons. The second-order valence-electron chi connectivity index (χ2n) is 17.7. The highest BCUT2D eigenvalue weighted by atomic mass is 16.7. The van der Waals surface area contributed by atoms with Crippen LogP contribution in [0.15, 0.2) is 170 Å².